The van der Waals surface area contributed by atoms with E-state index in [1.165, 1.54) is 4.57 Å². The van der Waals surface area contributed by atoms with E-state index in [0.29, 0.717) is 33.5 Å². The van der Waals surface area contributed by atoms with Crippen molar-refractivity contribution < 1.29 is 4.52 Å². The van der Waals surface area contributed by atoms with E-state index in [-0.39, 0.29) is 12.1 Å². The Morgan fingerprint density at radius 2 is 1.96 bits per heavy atom. The van der Waals surface area contributed by atoms with Gasteiger partial charge in [-0.05, 0) is 37.3 Å². The molecule has 4 rings (SSSR count). The Bertz CT molecular complexity index is 1130. The summed E-state index contributed by atoms with van der Waals surface area (Å²) >= 11 is 5.98. The maximum atomic E-state index is 12.7. The van der Waals surface area contributed by atoms with Gasteiger partial charge >= 0.3 is 0 Å². The molecule has 2 aromatic heterocycles. The normalized spacial score (nSPS) is 11.1. The molecule has 0 atom stereocenters. The van der Waals surface area contributed by atoms with E-state index >= 15 is 0 Å². The topological polar surface area (TPSA) is 73.8 Å². The summed E-state index contributed by atoms with van der Waals surface area (Å²) in [4.78, 5) is 21.5. The molecule has 6 nitrogen and oxygen atoms in total. The molecule has 7 heteroatoms. The summed E-state index contributed by atoms with van der Waals surface area (Å²) in [5, 5.41) is 5.11. The Balaban J connectivity index is 1.72. The van der Waals surface area contributed by atoms with E-state index in [1.54, 1.807) is 25.1 Å². The van der Waals surface area contributed by atoms with Crippen LogP contribution >= 0.6 is 11.6 Å². The van der Waals surface area contributed by atoms with Gasteiger partial charge in [0, 0.05) is 10.6 Å². The third-order valence-corrected chi connectivity index (χ3v) is 4.13. The summed E-state index contributed by atoms with van der Waals surface area (Å²) in [6.07, 6.45) is 0. The third kappa shape index (κ3) is 2.92. The first-order valence-electron chi connectivity index (χ1n) is 7.66. The zero-order valence-corrected chi connectivity index (χ0v) is 14.1. The highest BCUT2D eigenvalue weighted by Crippen LogP contribution is 2.21. The van der Waals surface area contributed by atoms with Crippen molar-refractivity contribution in [2.24, 2.45) is 0 Å². The molecule has 2 heterocycles. The minimum atomic E-state index is -0.128. The Labute approximate surface area is 147 Å². The zero-order valence-electron chi connectivity index (χ0n) is 13.3. The fourth-order valence-corrected chi connectivity index (χ4v) is 2.85. The number of nitrogens with zero attached hydrogens (tertiary/aromatic N) is 4. The summed E-state index contributed by atoms with van der Waals surface area (Å²) in [5.41, 5.74) is 1.28. The smallest absolute Gasteiger partial charge is 0.261 e. The molecule has 0 radical (unpaired) electrons. The minimum Gasteiger partial charge on any atom is -0.334 e. The second-order valence-electron chi connectivity index (χ2n) is 5.59. The van der Waals surface area contributed by atoms with Gasteiger partial charge in [-0.1, -0.05) is 35.0 Å². The van der Waals surface area contributed by atoms with Crippen LogP contribution in [0.5, 0.6) is 0 Å². The average molecular weight is 353 g/mol. The van der Waals surface area contributed by atoms with Crippen molar-refractivity contribution in [3.05, 3.63) is 75.6 Å². The lowest BCUT2D eigenvalue weighted by molar-refractivity contribution is 0.419. The highest BCUT2D eigenvalue weighted by atomic mass is 35.5. The van der Waals surface area contributed by atoms with Crippen LogP contribution < -0.4 is 5.56 Å². The predicted octanol–water partition coefficient (Wildman–Crippen LogP) is 3.46. The molecule has 0 aliphatic carbocycles. The molecule has 4 aromatic rings. The Hall–Kier alpha value is -2.99. The molecular weight excluding hydrogens is 340 g/mol. The Morgan fingerprint density at radius 1 is 1.12 bits per heavy atom. The summed E-state index contributed by atoms with van der Waals surface area (Å²) < 4.78 is 6.83. The fourth-order valence-electron chi connectivity index (χ4n) is 2.66. The molecule has 0 N–H and O–H groups in total. The first kappa shape index (κ1) is 15.5. The van der Waals surface area contributed by atoms with Crippen LogP contribution in [0.15, 0.2) is 57.8 Å². The second kappa shape index (κ2) is 6.14. The molecule has 0 aliphatic heterocycles. The van der Waals surface area contributed by atoms with Crippen LogP contribution in [-0.4, -0.2) is 19.7 Å². The summed E-state index contributed by atoms with van der Waals surface area (Å²) in [7, 11) is 0. The van der Waals surface area contributed by atoms with E-state index in [4.69, 9.17) is 16.1 Å². The second-order valence-corrected chi connectivity index (χ2v) is 6.03. The van der Waals surface area contributed by atoms with Crippen molar-refractivity contribution in [1.29, 1.82) is 0 Å². The highest BCUT2D eigenvalue weighted by Gasteiger charge is 2.13. The van der Waals surface area contributed by atoms with Gasteiger partial charge in [-0.15, -0.1) is 0 Å². The summed E-state index contributed by atoms with van der Waals surface area (Å²) in [5.74, 6) is 1.35. The first-order valence-corrected chi connectivity index (χ1v) is 8.04. The lowest BCUT2D eigenvalue weighted by Crippen LogP contribution is -2.24. The van der Waals surface area contributed by atoms with Crippen LogP contribution in [0.3, 0.4) is 0 Å². The highest BCUT2D eigenvalue weighted by molar-refractivity contribution is 6.30. The molecule has 0 saturated heterocycles. The molecule has 25 heavy (non-hydrogen) atoms. The van der Waals surface area contributed by atoms with Crippen molar-refractivity contribution in [3.63, 3.8) is 0 Å². The van der Waals surface area contributed by atoms with Crippen molar-refractivity contribution in [3.8, 4) is 11.5 Å². The quantitative estimate of drug-likeness (QED) is 0.564. The lowest BCUT2D eigenvalue weighted by Gasteiger charge is -2.08. The number of fused-ring (bicyclic) bond motifs is 1. The molecular formula is C18H13ClN4O2. The van der Waals surface area contributed by atoms with Crippen molar-refractivity contribution >= 4 is 22.5 Å². The number of para-hydroxylation sites is 1. The molecule has 0 fully saturated rings. The third-order valence-electron chi connectivity index (χ3n) is 3.89. The van der Waals surface area contributed by atoms with Crippen LogP contribution in [0.25, 0.3) is 22.4 Å². The fraction of sp³-hybridized carbons (Fsp3) is 0.111. The molecule has 0 spiro atoms. The number of hydrogen-bond acceptors (Lipinski definition) is 5. The SMILES string of the molecule is Cc1nc2ccccc2c(=O)n1Cc1noc(-c2cccc(Cl)c2)n1. The number of aromatic nitrogens is 4. The zero-order chi connectivity index (χ0) is 17.4. The van der Waals surface area contributed by atoms with Crippen LogP contribution in [-0.2, 0) is 6.54 Å². The molecule has 2 aromatic carbocycles. The van der Waals surface area contributed by atoms with Crippen molar-refractivity contribution in [1.82, 2.24) is 19.7 Å². The van der Waals surface area contributed by atoms with E-state index in [9.17, 15) is 4.79 Å². The molecule has 0 saturated carbocycles. The van der Waals surface area contributed by atoms with Crippen LogP contribution in [0, 0.1) is 6.92 Å². The lowest BCUT2D eigenvalue weighted by atomic mass is 10.2. The Kier molecular flexibility index (Phi) is 3.82. The number of rotatable bonds is 3. The van der Waals surface area contributed by atoms with Gasteiger partial charge in [-0.25, -0.2) is 4.98 Å². The molecule has 0 aliphatic rings. The summed E-state index contributed by atoms with van der Waals surface area (Å²) in [6, 6.07) is 14.4. The summed E-state index contributed by atoms with van der Waals surface area (Å²) in [6.45, 7) is 1.97. The molecule has 124 valence electrons. The van der Waals surface area contributed by atoms with Gasteiger partial charge in [0.15, 0.2) is 5.82 Å². The number of benzene rings is 2. The van der Waals surface area contributed by atoms with Crippen LogP contribution in [0.4, 0.5) is 0 Å². The van der Waals surface area contributed by atoms with Gasteiger partial charge in [0.1, 0.15) is 5.82 Å². The molecule has 0 unspecified atom stereocenters. The van der Waals surface area contributed by atoms with Gasteiger partial charge in [-0.2, -0.15) is 4.98 Å². The van der Waals surface area contributed by atoms with Gasteiger partial charge in [0.05, 0.1) is 17.4 Å². The average Bonchev–Trinajstić information content (AvgIpc) is 3.07. The molecule has 0 amide bonds. The number of hydrogen-bond donors (Lipinski definition) is 0. The van der Waals surface area contributed by atoms with Crippen molar-refractivity contribution in [2.75, 3.05) is 0 Å². The van der Waals surface area contributed by atoms with Gasteiger partial charge < -0.3 is 4.52 Å². The van der Waals surface area contributed by atoms with Gasteiger partial charge in [0.25, 0.3) is 11.4 Å². The van der Waals surface area contributed by atoms with Gasteiger partial charge in [0.2, 0.25) is 0 Å². The molecule has 0 bridgehead atoms. The first-order chi connectivity index (χ1) is 12.1. The standard InChI is InChI=1S/C18H13ClN4O2/c1-11-20-15-8-3-2-7-14(15)18(24)23(11)10-16-21-17(25-22-16)12-5-4-6-13(19)9-12/h2-9H,10H2,1H3. The van der Waals surface area contributed by atoms with Crippen LogP contribution in [0.1, 0.15) is 11.6 Å². The van der Waals surface area contributed by atoms with Crippen LogP contribution in [0.2, 0.25) is 5.02 Å². The van der Waals surface area contributed by atoms with Crippen molar-refractivity contribution in [2.45, 2.75) is 13.5 Å². The maximum absolute atomic E-state index is 12.7. The minimum absolute atomic E-state index is 0.128. The predicted molar refractivity (Wildman–Crippen MR) is 94.6 cm³/mol. The van der Waals surface area contributed by atoms with E-state index in [2.05, 4.69) is 15.1 Å². The van der Waals surface area contributed by atoms with E-state index < -0.39 is 0 Å². The van der Waals surface area contributed by atoms with Gasteiger partial charge in [-0.3, -0.25) is 9.36 Å². The largest absolute Gasteiger partial charge is 0.334 e. The number of halogens is 1. The number of aryl methyl sites for hydroxylation is 1. The monoisotopic (exact) mass is 352 g/mol. The Morgan fingerprint density at radius 3 is 2.80 bits per heavy atom. The maximum Gasteiger partial charge on any atom is 0.261 e. The van der Waals surface area contributed by atoms with E-state index in [0.717, 1.165) is 5.56 Å². The van der Waals surface area contributed by atoms with E-state index in [1.807, 2.05) is 30.3 Å².